The van der Waals surface area contributed by atoms with Crippen molar-refractivity contribution >= 4 is 15.9 Å². The Morgan fingerprint density at radius 1 is 1.45 bits per heavy atom. The third-order valence-corrected chi connectivity index (χ3v) is 3.64. The molecule has 0 amide bonds. The summed E-state index contributed by atoms with van der Waals surface area (Å²) in [6.07, 6.45) is 2.99. The van der Waals surface area contributed by atoms with E-state index in [1.165, 1.54) is 0 Å². The summed E-state index contributed by atoms with van der Waals surface area (Å²) in [6, 6.07) is 9.83. The van der Waals surface area contributed by atoms with Crippen LogP contribution in [0.15, 0.2) is 34.9 Å². The predicted molar refractivity (Wildman–Crippen MR) is 80.4 cm³/mol. The molecule has 0 spiro atoms. The first-order valence-corrected chi connectivity index (χ1v) is 7.29. The van der Waals surface area contributed by atoms with E-state index in [2.05, 4.69) is 40.9 Å². The largest absolute Gasteiger partial charge is 0.486 e. The molecule has 0 bridgehead atoms. The van der Waals surface area contributed by atoms with Crippen molar-refractivity contribution < 1.29 is 4.74 Å². The van der Waals surface area contributed by atoms with Crippen LogP contribution in [-0.2, 0) is 6.61 Å². The standard InChI is InChI=1S/C15H16BrN3O/c1-3-11(2)19-7-6-14(18-19)10-20-15-5-4-13(16)8-12(15)9-17/h4-8,11H,3,10H2,1-2H3. The number of hydrogen-bond acceptors (Lipinski definition) is 3. The maximum absolute atomic E-state index is 9.08. The van der Waals surface area contributed by atoms with Crippen molar-refractivity contribution in [2.45, 2.75) is 32.9 Å². The molecule has 0 aliphatic heterocycles. The molecular formula is C15H16BrN3O. The number of halogens is 1. The summed E-state index contributed by atoms with van der Waals surface area (Å²) in [7, 11) is 0. The summed E-state index contributed by atoms with van der Waals surface area (Å²) in [5.74, 6) is 0.578. The Balaban J connectivity index is 2.06. The molecule has 1 heterocycles. The minimum absolute atomic E-state index is 0.361. The molecule has 0 N–H and O–H groups in total. The van der Waals surface area contributed by atoms with Crippen LogP contribution in [0.2, 0.25) is 0 Å². The van der Waals surface area contributed by atoms with Crippen LogP contribution in [0.4, 0.5) is 0 Å². The summed E-state index contributed by atoms with van der Waals surface area (Å²) in [6.45, 7) is 4.61. The fourth-order valence-electron chi connectivity index (χ4n) is 1.75. The molecule has 1 aromatic carbocycles. The van der Waals surface area contributed by atoms with E-state index in [4.69, 9.17) is 10.00 Å². The monoisotopic (exact) mass is 333 g/mol. The first-order chi connectivity index (χ1) is 9.63. The SMILES string of the molecule is CCC(C)n1ccc(COc2ccc(Br)cc2C#N)n1. The summed E-state index contributed by atoms with van der Waals surface area (Å²) in [5.41, 5.74) is 1.37. The van der Waals surface area contributed by atoms with Gasteiger partial charge in [-0.2, -0.15) is 10.4 Å². The highest BCUT2D eigenvalue weighted by Crippen LogP contribution is 2.23. The molecule has 0 aliphatic carbocycles. The molecule has 0 radical (unpaired) electrons. The molecule has 0 saturated heterocycles. The van der Waals surface area contributed by atoms with Gasteiger partial charge < -0.3 is 4.74 Å². The smallest absolute Gasteiger partial charge is 0.137 e. The van der Waals surface area contributed by atoms with Crippen molar-refractivity contribution in [1.82, 2.24) is 9.78 Å². The molecule has 0 aliphatic rings. The molecule has 2 aromatic rings. The normalized spacial score (nSPS) is 11.9. The Bertz CT molecular complexity index is 630. The van der Waals surface area contributed by atoms with Crippen LogP contribution in [-0.4, -0.2) is 9.78 Å². The molecule has 1 aromatic heterocycles. The van der Waals surface area contributed by atoms with Crippen LogP contribution in [0.25, 0.3) is 0 Å². The average Bonchev–Trinajstić information content (AvgIpc) is 2.93. The zero-order valence-electron chi connectivity index (χ0n) is 11.5. The van der Waals surface area contributed by atoms with Gasteiger partial charge in [0.25, 0.3) is 0 Å². The number of rotatable bonds is 5. The van der Waals surface area contributed by atoms with E-state index < -0.39 is 0 Å². The average molecular weight is 334 g/mol. The van der Waals surface area contributed by atoms with Crippen LogP contribution >= 0.6 is 15.9 Å². The Hall–Kier alpha value is -1.80. The van der Waals surface area contributed by atoms with Gasteiger partial charge in [0.15, 0.2) is 0 Å². The molecule has 0 saturated carbocycles. The van der Waals surface area contributed by atoms with Crippen molar-refractivity contribution in [2.24, 2.45) is 0 Å². The van der Waals surface area contributed by atoms with Crippen LogP contribution in [0.3, 0.4) is 0 Å². The van der Waals surface area contributed by atoms with Crippen molar-refractivity contribution in [3.05, 3.63) is 46.2 Å². The van der Waals surface area contributed by atoms with Gasteiger partial charge in [-0.25, -0.2) is 0 Å². The van der Waals surface area contributed by atoms with Crippen LogP contribution in [0, 0.1) is 11.3 Å². The van der Waals surface area contributed by atoms with Gasteiger partial charge in [-0.1, -0.05) is 22.9 Å². The lowest BCUT2D eigenvalue weighted by atomic mass is 10.2. The van der Waals surface area contributed by atoms with E-state index in [-0.39, 0.29) is 0 Å². The second-order valence-electron chi connectivity index (χ2n) is 4.59. The molecule has 20 heavy (non-hydrogen) atoms. The number of benzene rings is 1. The fraction of sp³-hybridized carbons (Fsp3) is 0.333. The van der Waals surface area contributed by atoms with Gasteiger partial charge in [0.2, 0.25) is 0 Å². The van der Waals surface area contributed by atoms with Gasteiger partial charge in [-0.05, 0) is 37.6 Å². The van der Waals surface area contributed by atoms with Crippen LogP contribution in [0.1, 0.15) is 37.6 Å². The van der Waals surface area contributed by atoms with E-state index >= 15 is 0 Å². The Kier molecular flexibility index (Phi) is 4.80. The lowest BCUT2D eigenvalue weighted by Gasteiger charge is -2.09. The number of aromatic nitrogens is 2. The van der Waals surface area contributed by atoms with Crippen LogP contribution < -0.4 is 4.74 Å². The minimum Gasteiger partial charge on any atom is -0.486 e. The molecule has 4 nitrogen and oxygen atoms in total. The first kappa shape index (κ1) is 14.6. The third-order valence-electron chi connectivity index (χ3n) is 3.14. The molecule has 2 rings (SSSR count). The molecule has 1 unspecified atom stereocenters. The lowest BCUT2D eigenvalue weighted by molar-refractivity contribution is 0.297. The van der Waals surface area contributed by atoms with Gasteiger partial charge in [-0.15, -0.1) is 0 Å². The highest BCUT2D eigenvalue weighted by molar-refractivity contribution is 9.10. The minimum atomic E-state index is 0.361. The number of nitrogens with zero attached hydrogens (tertiary/aromatic N) is 3. The summed E-state index contributed by atoms with van der Waals surface area (Å²) < 4.78 is 8.48. The summed E-state index contributed by atoms with van der Waals surface area (Å²) in [4.78, 5) is 0. The Morgan fingerprint density at radius 3 is 2.95 bits per heavy atom. The second kappa shape index (κ2) is 6.58. The van der Waals surface area contributed by atoms with Crippen LogP contribution in [0.5, 0.6) is 5.75 Å². The Morgan fingerprint density at radius 2 is 2.25 bits per heavy atom. The van der Waals surface area contributed by atoms with Gasteiger partial charge >= 0.3 is 0 Å². The van der Waals surface area contributed by atoms with Crippen molar-refractivity contribution in [2.75, 3.05) is 0 Å². The maximum atomic E-state index is 9.08. The van der Waals surface area contributed by atoms with E-state index in [1.54, 1.807) is 12.1 Å². The van der Waals surface area contributed by atoms with E-state index in [1.807, 2.05) is 23.0 Å². The predicted octanol–water partition coefficient (Wildman–Crippen LogP) is 4.07. The summed E-state index contributed by atoms with van der Waals surface area (Å²) >= 11 is 3.34. The van der Waals surface area contributed by atoms with Gasteiger partial charge in [-0.3, -0.25) is 4.68 Å². The molecule has 0 fully saturated rings. The lowest BCUT2D eigenvalue weighted by Crippen LogP contribution is -2.06. The van der Waals surface area contributed by atoms with Crippen molar-refractivity contribution in [3.8, 4) is 11.8 Å². The number of hydrogen-bond donors (Lipinski definition) is 0. The molecule has 1 atom stereocenters. The van der Waals surface area contributed by atoms with Gasteiger partial charge in [0, 0.05) is 16.7 Å². The molecular weight excluding hydrogens is 318 g/mol. The zero-order valence-corrected chi connectivity index (χ0v) is 13.1. The van der Waals surface area contributed by atoms with Gasteiger partial charge in [0.05, 0.1) is 11.3 Å². The van der Waals surface area contributed by atoms with E-state index in [9.17, 15) is 0 Å². The quantitative estimate of drug-likeness (QED) is 0.828. The molecule has 5 heteroatoms. The highest BCUT2D eigenvalue weighted by Gasteiger charge is 2.07. The highest BCUT2D eigenvalue weighted by atomic mass is 79.9. The zero-order chi connectivity index (χ0) is 14.5. The summed E-state index contributed by atoms with van der Waals surface area (Å²) in [5, 5.41) is 13.5. The second-order valence-corrected chi connectivity index (χ2v) is 5.50. The van der Waals surface area contributed by atoms with Gasteiger partial charge in [0.1, 0.15) is 18.4 Å². The Labute approximate surface area is 127 Å². The fourth-order valence-corrected chi connectivity index (χ4v) is 2.12. The topological polar surface area (TPSA) is 50.8 Å². The van der Waals surface area contributed by atoms with Crippen molar-refractivity contribution in [1.29, 1.82) is 5.26 Å². The maximum Gasteiger partial charge on any atom is 0.137 e. The van der Waals surface area contributed by atoms with E-state index in [0.717, 1.165) is 16.6 Å². The third kappa shape index (κ3) is 3.40. The number of ether oxygens (including phenoxy) is 1. The van der Waals surface area contributed by atoms with E-state index in [0.29, 0.717) is 24.0 Å². The first-order valence-electron chi connectivity index (χ1n) is 6.50. The number of nitriles is 1. The van der Waals surface area contributed by atoms with Crippen molar-refractivity contribution in [3.63, 3.8) is 0 Å². The molecule has 104 valence electrons.